The Hall–Kier alpha value is -2.42. The second-order valence-electron chi connectivity index (χ2n) is 8.06. The number of carbonyl (C=O) groups excluding carboxylic acids is 1. The molecule has 1 amide bonds. The average molecular weight is 457 g/mol. The van der Waals surface area contributed by atoms with Crippen LogP contribution in [0.5, 0.6) is 5.75 Å². The third-order valence-corrected chi connectivity index (χ3v) is 6.44. The number of carbonyl (C=O) groups is 1. The molecule has 1 saturated heterocycles. The van der Waals surface area contributed by atoms with Crippen LogP contribution < -0.4 is 10.1 Å². The lowest BCUT2D eigenvalue weighted by atomic mass is 9.97. The van der Waals surface area contributed by atoms with Gasteiger partial charge in [0.25, 0.3) is 5.91 Å². The summed E-state index contributed by atoms with van der Waals surface area (Å²) in [6.07, 6.45) is -2.10. The number of benzene rings is 1. The molecule has 2 aliphatic rings. The molecule has 0 bridgehead atoms. The number of hydrogen-bond donors (Lipinski definition) is 1. The SMILES string of the molecule is COc1ccc([C@@H]2C[C@H](C(F)(F)F)n3nc(C(=O)N4CCCC[C@@H]4C)c(Cl)c3N2)cc1. The Bertz CT molecular complexity index is 961. The van der Waals surface area contributed by atoms with Gasteiger partial charge in [0.1, 0.15) is 16.6 Å². The van der Waals surface area contributed by atoms with Crippen molar-refractivity contribution in [2.24, 2.45) is 0 Å². The Morgan fingerprint density at radius 1 is 1.26 bits per heavy atom. The molecular formula is C21H24ClF3N4O2. The van der Waals surface area contributed by atoms with Gasteiger partial charge in [0.15, 0.2) is 11.7 Å². The highest BCUT2D eigenvalue weighted by Crippen LogP contribution is 2.46. The number of hydrogen-bond acceptors (Lipinski definition) is 4. The van der Waals surface area contributed by atoms with E-state index in [0.717, 1.165) is 23.9 Å². The van der Waals surface area contributed by atoms with Crippen LogP contribution in [0.2, 0.25) is 5.02 Å². The Balaban J connectivity index is 1.71. The zero-order valence-corrected chi connectivity index (χ0v) is 18.0. The van der Waals surface area contributed by atoms with Crippen molar-refractivity contribution < 1.29 is 22.7 Å². The molecule has 1 aromatic heterocycles. The van der Waals surface area contributed by atoms with Gasteiger partial charge in [-0.05, 0) is 43.9 Å². The molecule has 1 fully saturated rings. The fourth-order valence-corrected chi connectivity index (χ4v) is 4.58. The van der Waals surface area contributed by atoms with Gasteiger partial charge in [-0.1, -0.05) is 23.7 Å². The maximum absolute atomic E-state index is 13.9. The van der Waals surface area contributed by atoms with E-state index in [1.807, 2.05) is 6.92 Å². The number of fused-ring (bicyclic) bond motifs is 1. The summed E-state index contributed by atoms with van der Waals surface area (Å²) in [6, 6.07) is 4.27. The number of alkyl halides is 3. The molecule has 1 N–H and O–H groups in total. The number of likely N-dealkylation sites (tertiary alicyclic amines) is 1. The number of halogens is 4. The Kier molecular flexibility index (Phi) is 5.81. The predicted molar refractivity (Wildman–Crippen MR) is 111 cm³/mol. The molecular weight excluding hydrogens is 433 g/mol. The molecule has 0 spiro atoms. The summed E-state index contributed by atoms with van der Waals surface area (Å²) in [5.41, 5.74) is 0.527. The van der Waals surface area contributed by atoms with E-state index in [1.165, 1.54) is 7.11 Å². The maximum Gasteiger partial charge on any atom is 0.410 e. The number of rotatable bonds is 3. The van der Waals surface area contributed by atoms with Crippen molar-refractivity contribution in [1.29, 1.82) is 0 Å². The van der Waals surface area contributed by atoms with Gasteiger partial charge in [0.2, 0.25) is 0 Å². The van der Waals surface area contributed by atoms with Crippen LogP contribution in [0, 0.1) is 0 Å². The zero-order chi connectivity index (χ0) is 22.3. The lowest BCUT2D eigenvalue weighted by molar-refractivity contribution is -0.173. The summed E-state index contributed by atoms with van der Waals surface area (Å²) in [4.78, 5) is 14.7. The number of nitrogens with zero attached hydrogens (tertiary/aromatic N) is 3. The second-order valence-corrected chi connectivity index (χ2v) is 8.44. The van der Waals surface area contributed by atoms with Crippen LogP contribution in [0.3, 0.4) is 0 Å². The quantitative estimate of drug-likeness (QED) is 0.688. The van der Waals surface area contributed by atoms with Crippen LogP contribution in [0.4, 0.5) is 19.0 Å². The van der Waals surface area contributed by atoms with Crippen molar-refractivity contribution in [3.05, 3.63) is 40.5 Å². The van der Waals surface area contributed by atoms with Crippen LogP contribution in [0.25, 0.3) is 0 Å². The minimum absolute atomic E-state index is 0.00513. The minimum Gasteiger partial charge on any atom is -0.497 e. The largest absolute Gasteiger partial charge is 0.497 e. The Morgan fingerprint density at radius 3 is 2.58 bits per heavy atom. The van der Waals surface area contributed by atoms with E-state index in [0.29, 0.717) is 17.9 Å². The number of aromatic nitrogens is 2. The molecule has 10 heteroatoms. The van der Waals surface area contributed by atoms with E-state index >= 15 is 0 Å². The molecule has 3 heterocycles. The highest BCUT2D eigenvalue weighted by Gasteiger charge is 2.48. The lowest BCUT2D eigenvalue weighted by Crippen LogP contribution is -2.42. The summed E-state index contributed by atoms with van der Waals surface area (Å²) >= 11 is 6.44. The number of methoxy groups -OCH3 is 1. The first kappa shape index (κ1) is 21.8. The highest BCUT2D eigenvalue weighted by atomic mass is 35.5. The van der Waals surface area contributed by atoms with Crippen molar-refractivity contribution in [3.8, 4) is 5.75 Å². The maximum atomic E-state index is 13.9. The summed E-state index contributed by atoms with van der Waals surface area (Å²) in [7, 11) is 1.52. The molecule has 0 saturated carbocycles. The second kappa shape index (κ2) is 8.26. The van der Waals surface area contributed by atoms with Crippen molar-refractivity contribution in [3.63, 3.8) is 0 Å². The van der Waals surface area contributed by atoms with Crippen molar-refractivity contribution in [2.45, 2.75) is 56.9 Å². The van der Waals surface area contributed by atoms with E-state index in [2.05, 4.69) is 10.4 Å². The Labute approximate surface area is 183 Å². The number of ether oxygens (including phenoxy) is 1. The van der Waals surface area contributed by atoms with Gasteiger partial charge in [-0.3, -0.25) is 4.79 Å². The van der Waals surface area contributed by atoms with Gasteiger partial charge in [0, 0.05) is 19.0 Å². The van der Waals surface area contributed by atoms with Crippen LogP contribution in [0.1, 0.15) is 60.7 Å². The molecule has 4 rings (SSSR count). The summed E-state index contributed by atoms with van der Waals surface area (Å²) in [6.45, 7) is 2.47. The van der Waals surface area contributed by atoms with E-state index in [9.17, 15) is 18.0 Å². The lowest BCUT2D eigenvalue weighted by Gasteiger charge is -2.33. The first-order chi connectivity index (χ1) is 14.7. The number of nitrogens with one attached hydrogen (secondary N) is 1. The molecule has 0 unspecified atom stereocenters. The fraction of sp³-hybridized carbons (Fsp3) is 0.524. The van der Waals surface area contributed by atoms with Crippen LogP contribution >= 0.6 is 11.6 Å². The third kappa shape index (κ3) is 4.07. The Morgan fingerprint density at radius 2 is 1.97 bits per heavy atom. The third-order valence-electron chi connectivity index (χ3n) is 6.08. The average Bonchev–Trinajstić information content (AvgIpc) is 3.09. The molecule has 0 radical (unpaired) electrons. The molecule has 168 valence electrons. The monoisotopic (exact) mass is 456 g/mol. The topological polar surface area (TPSA) is 59.4 Å². The first-order valence-corrected chi connectivity index (χ1v) is 10.6. The molecule has 1 aromatic carbocycles. The standard InChI is InChI=1S/C21H24ClF3N4O2/c1-12-5-3-4-10-28(12)20(30)18-17(22)19-26-15(13-6-8-14(31-2)9-7-13)11-16(21(23,24)25)29(19)27-18/h6-9,12,15-16,26H,3-5,10-11H2,1-2H3/t12-,15-,16+/m0/s1. The van der Waals surface area contributed by atoms with E-state index < -0.39 is 24.2 Å². The normalized spacial score (nSPS) is 23.8. The fourth-order valence-electron chi connectivity index (χ4n) is 4.32. The van der Waals surface area contributed by atoms with Crippen LogP contribution in [0.15, 0.2) is 24.3 Å². The van der Waals surface area contributed by atoms with Crippen molar-refractivity contribution >= 4 is 23.3 Å². The van der Waals surface area contributed by atoms with Crippen molar-refractivity contribution in [1.82, 2.24) is 14.7 Å². The van der Waals surface area contributed by atoms with Gasteiger partial charge in [-0.2, -0.15) is 18.3 Å². The summed E-state index contributed by atoms with van der Waals surface area (Å²) < 4.78 is 47.8. The number of amides is 1. The molecule has 2 aliphatic heterocycles. The smallest absolute Gasteiger partial charge is 0.410 e. The number of anilines is 1. The molecule has 0 aliphatic carbocycles. The van der Waals surface area contributed by atoms with Crippen LogP contribution in [-0.2, 0) is 0 Å². The number of piperidine rings is 1. The highest BCUT2D eigenvalue weighted by molar-refractivity contribution is 6.36. The van der Waals surface area contributed by atoms with E-state index in [4.69, 9.17) is 16.3 Å². The van der Waals surface area contributed by atoms with Gasteiger partial charge in [-0.25, -0.2) is 4.68 Å². The van der Waals surface area contributed by atoms with E-state index in [-0.39, 0.29) is 29.0 Å². The first-order valence-electron chi connectivity index (χ1n) is 10.3. The van der Waals surface area contributed by atoms with Gasteiger partial charge in [0.05, 0.1) is 13.2 Å². The van der Waals surface area contributed by atoms with Gasteiger partial charge < -0.3 is 15.0 Å². The van der Waals surface area contributed by atoms with Crippen LogP contribution in [-0.4, -0.2) is 46.5 Å². The molecule has 6 nitrogen and oxygen atoms in total. The molecule has 3 atom stereocenters. The summed E-state index contributed by atoms with van der Waals surface area (Å²) in [5, 5.41) is 7.05. The van der Waals surface area contributed by atoms with Crippen molar-refractivity contribution in [2.75, 3.05) is 19.0 Å². The van der Waals surface area contributed by atoms with Gasteiger partial charge in [-0.15, -0.1) is 0 Å². The van der Waals surface area contributed by atoms with Gasteiger partial charge >= 0.3 is 6.18 Å². The minimum atomic E-state index is -4.55. The predicted octanol–water partition coefficient (Wildman–Crippen LogP) is 5.22. The summed E-state index contributed by atoms with van der Waals surface area (Å²) in [5.74, 6) is 0.199. The molecule has 31 heavy (non-hydrogen) atoms. The van der Waals surface area contributed by atoms with E-state index in [1.54, 1.807) is 29.2 Å². The zero-order valence-electron chi connectivity index (χ0n) is 17.2. The molecule has 2 aromatic rings.